The molecule has 3 aromatic carbocycles. The Morgan fingerprint density at radius 2 is 1.47 bits per heavy atom. The van der Waals surface area contributed by atoms with Crippen LogP contribution in [0.2, 0.25) is 0 Å². The predicted molar refractivity (Wildman–Crippen MR) is 130 cm³/mol. The van der Waals surface area contributed by atoms with Gasteiger partial charge in [-0.15, -0.1) is 0 Å². The van der Waals surface area contributed by atoms with Gasteiger partial charge in [0.25, 0.3) is 0 Å². The van der Waals surface area contributed by atoms with E-state index in [0.29, 0.717) is 0 Å². The Kier molecular flexibility index (Phi) is 4.44. The number of nitrogens with zero attached hydrogens (tertiary/aromatic N) is 4. The number of anilines is 2. The molecule has 0 bridgehead atoms. The molecular weight excluding hydrogens is 442 g/mol. The molecule has 9 heteroatoms. The van der Waals surface area contributed by atoms with Gasteiger partial charge in [0.2, 0.25) is 5.13 Å². The molecule has 6 aromatic rings. The van der Waals surface area contributed by atoms with Gasteiger partial charge in [0.05, 0.1) is 40.2 Å². The first-order valence-corrected chi connectivity index (χ1v) is 11.5. The monoisotopic (exact) mass is 459 g/mol. The number of hydrogen-bond donors (Lipinski definition) is 1. The van der Waals surface area contributed by atoms with Gasteiger partial charge in [-0.05, 0) is 48.5 Å². The molecule has 0 aliphatic rings. The zero-order valence-corrected chi connectivity index (χ0v) is 18.8. The molecule has 0 aliphatic heterocycles. The highest BCUT2D eigenvalue weighted by molar-refractivity contribution is 7.22. The SMILES string of the molecule is COc1ccc2nc(Nc3c4ccccc4nn3-c3nc4ccc(OC)cc4s3)sc2c1. The van der Waals surface area contributed by atoms with Gasteiger partial charge in [-0.3, -0.25) is 0 Å². The molecule has 0 saturated carbocycles. The van der Waals surface area contributed by atoms with Gasteiger partial charge in [-0.1, -0.05) is 34.8 Å². The Hall–Kier alpha value is -3.69. The highest BCUT2D eigenvalue weighted by Gasteiger charge is 2.18. The first-order chi connectivity index (χ1) is 15.7. The number of aromatic nitrogens is 4. The van der Waals surface area contributed by atoms with Gasteiger partial charge in [0, 0.05) is 5.39 Å². The average Bonchev–Trinajstić information content (AvgIpc) is 3.52. The second-order valence-corrected chi connectivity index (χ2v) is 9.13. The van der Waals surface area contributed by atoms with Gasteiger partial charge in [0.1, 0.15) is 17.3 Å². The normalized spacial score (nSPS) is 11.4. The number of hydrogen-bond acceptors (Lipinski definition) is 8. The van der Waals surface area contributed by atoms with Crippen LogP contribution in [0.5, 0.6) is 11.5 Å². The number of thiazole rings is 2. The van der Waals surface area contributed by atoms with E-state index in [4.69, 9.17) is 24.5 Å². The van der Waals surface area contributed by atoms with Gasteiger partial charge in [-0.2, -0.15) is 9.78 Å². The molecule has 0 aliphatic carbocycles. The van der Waals surface area contributed by atoms with Crippen LogP contribution < -0.4 is 14.8 Å². The minimum absolute atomic E-state index is 0.773. The summed E-state index contributed by atoms with van der Waals surface area (Å²) in [5.41, 5.74) is 2.71. The first-order valence-electron chi connectivity index (χ1n) is 9.86. The molecule has 0 unspecified atom stereocenters. The third-order valence-corrected chi connectivity index (χ3v) is 7.09. The largest absolute Gasteiger partial charge is 0.497 e. The second kappa shape index (κ2) is 7.47. The topological polar surface area (TPSA) is 74.1 Å². The molecule has 0 atom stereocenters. The van der Waals surface area contributed by atoms with E-state index in [-0.39, 0.29) is 0 Å². The summed E-state index contributed by atoms with van der Waals surface area (Å²) in [7, 11) is 3.33. The standard InChI is InChI=1S/C23H17N5O2S2/c1-29-13-7-9-17-19(11-13)31-22(24-17)26-21-15-5-3-4-6-16(15)27-28(21)23-25-18-10-8-14(30-2)12-20(18)32-23/h3-12H,1-2H3,(H,24,26). The summed E-state index contributed by atoms with van der Waals surface area (Å²) in [5, 5.41) is 10.9. The lowest BCUT2D eigenvalue weighted by Gasteiger charge is -2.05. The Morgan fingerprint density at radius 3 is 2.22 bits per heavy atom. The highest BCUT2D eigenvalue weighted by Crippen LogP contribution is 2.36. The lowest BCUT2D eigenvalue weighted by Crippen LogP contribution is -2.02. The Balaban J connectivity index is 1.49. The van der Waals surface area contributed by atoms with Crippen molar-refractivity contribution in [2.75, 3.05) is 19.5 Å². The van der Waals surface area contributed by atoms with Crippen LogP contribution in [-0.4, -0.2) is 34.0 Å². The van der Waals surface area contributed by atoms with Crippen LogP contribution in [0.3, 0.4) is 0 Å². The number of methoxy groups -OCH3 is 2. The van der Waals surface area contributed by atoms with Crippen LogP contribution >= 0.6 is 22.7 Å². The maximum atomic E-state index is 5.36. The van der Waals surface area contributed by atoms with E-state index < -0.39 is 0 Å². The molecule has 0 fully saturated rings. The Morgan fingerprint density at radius 1 is 0.781 bits per heavy atom. The molecule has 0 radical (unpaired) electrons. The minimum atomic E-state index is 0.773. The van der Waals surface area contributed by atoms with Gasteiger partial charge in [0.15, 0.2) is 5.13 Å². The molecule has 0 amide bonds. The van der Waals surface area contributed by atoms with E-state index in [9.17, 15) is 0 Å². The fourth-order valence-corrected chi connectivity index (χ4v) is 5.43. The van der Waals surface area contributed by atoms with Crippen molar-refractivity contribution in [2.45, 2.75) is 0 Å². The minimum Gasteiger partial charge on any atom is -0.497 e. The van der Waals surface area contributed by atoms with Gasteiger partial charge in [-0.25, -0.2) is 9.97 Å². The third-order valence-electron chi connectivity index (χ3n) is 5.17. The maximum absolute atomic E-state index is 5.36. The molecule has 32 heavy (non-hydrogen) atoms. The molecule has 1 N–H and O–H groups in total. The van der Waals surface area contributed by atoms with E-state index >= 15 is 0 Å². The smallest absolute Gasteiger partial charge is 0.213 e. The van der Waals surface area contributed by atoms with E-state index in [1.807, 2.05) is 65.3 Å². The number of rotatable bonds is 5. The third kappa shape index (κ3) is 3.14. The van der Waals surface area contributed by atoms with Crippen LogP contribution in [0.15, 0.2) is 60.7 Å². The second-order valence-electron chi connectivity index (χ2n) is 7.09. The van der Waals surface area contributed by atoms with Crippen LogP contribution in [0.25, 0.3) is 36.5 Å². The molecule has 0 saturated heterocycles. The molecular formula is C23H17N5O2S2. The number of benzene rings is 3. The summed E-state index contributed by atoms with van der Waals surface area (Å²) in [6.07, 6.45) is 0. The molecule has 158 valence electrons. The first kappa shape index (κ1) is 19.0. The fourth-order valence-electron chi connectivity index (χ4n) is 3.59. The number of nitrogens with one attached hydrogen (secondary N) is 1. The molecule has 3 aromatic heterocycles. The van der Waals surface area contributed by atoms with Crippen molar-refractivity contribution < 1.29 is 9.47 Å². The summed E-state index contributed by atoms with van der Waals surface area (Å²) in [6.45, 7) is 0. The average molecular weight is 460 g/mol. The molecule has 7 nitrogen and oxygen atoms in total. The molecule has 6 rings (SSSR count). The van der Waals surface area contributed by atoms with Crippen LogP contribution in [0.1, 0.15) is 0 Å². The van der Waals surface area contributed by atoms with Crippen LogP contribution in [0, 0.1) is 0 Å². The maximum Gasteiger partial charge on any atom is 0.213 e. The predicted octanol–water partition coefficient (Wildman–Crippen LogP) is 6.01. The Bertz CT molecular complexity index is 1600. The van der Waals surface area contributed by atoms with Gasteiger partial charge < -0.3 is 14.8 Å². The van der Waals surface area contributed by atoms with E-state index in [2.05, 4.69) is 5.32 Å². The molecule has 3 heterocycles. The lowest BCUT2D eigenvalue weighted by atomic mass is 10.2. The van der Waals surface area contributed by atoms with Crippen LogP contribution in [-0.2, 0) is 0 Å². The summed E-state index contributed by atoms with van der Waals surface area (Å²) < 4.78 is 14.7. The van der Waals surface area contributed by atoms with Crippen LogP contribution in [0.4, 0.5) is 10.9 Å². The van der Waals surface area contributed by atoms with Crippen molar-refractivity contribution in [1.82, 2.24) is 19.7 Å². The zero-order chi connectivity index (χ0) is 21.7. The summed E-state index contributed by atoms with van der Waals surface area (Å²) in [4.78, 5) is 9.56. The van der Waals surface area contributed by atoms with Crippen molar-refractivity contribution in [3.8, 4) is 16.6 Å². The van der Waals surface area contributed by atoms with E-state index in [1.54, 1.807) is 36.9 Å². The number of fused-ring (bicyclic) bond motifs is 3. The summed E-state index contributed by atoms with van der Waals surface area (Å²) >= 11 is 3.14. The summed E-state index contributed by atoms with van der Waals surface area (Å²) in [5.74, 6) is 2.45. The van der Waals surface area contributed by atoms with E-state index in [1.165, 1.54) is 0 Å². The fraction of sp³-hybridized carbons (Fsp3) is 0.0870. The van der Waals surface area contributed by atoms with Crippen molar-refractivity contribution in [3.05, 3.63) is 60.7 Å². The highest BCUT2D eigenvalue weighted by atomic mass is 32.1. The lowest BCUT2D eigenvalue weighted by molar-refractivity contribution is 0.415. The Labute approximate surface area is 190 Å². The van der Waals surface area contributed by atoms with Gasteiger partial charge >= 0.3 is 0 Å². The zero-order valence-electron chi connectivity index (χ0n) is 17.2. The van der Waals surface area contributed by atoms with Crippen molar-refractivity contribution in [1.29, 1.82) is 0 Å². The summed E-state index contributed by atoms with van der Waals surface area (Å²) in [6, 6.07) is 19.8. The number of ether oxygens (including phenoxy) is 2. The van der Waals surface area contributed by atoms with Crippen molar-refractivity contribution in [3.63, 3.8) is 0 Å². The quantitative estimate of drug-likeness (QED) is 0.341. The van der Waals surface area contributed by atoms with Crippen molar-refractivity contribution >= 4 is 65.0 Å². The van der Waals surface area contributed by atoms with Crippen molar-refractivity contribution in [2.24, 2.45) is 0 Å². The molecule has 0 spiro atoms. The van der Waals surface area contributed by atoms with E-state index in [0.717, 1.165) is 58.9 Å².